The molecule has 0 saturated heterocycles. The van der Waals surface area contributed by atoms with Gasteiger partial charge in [-0.15, -0.1) is 0 Å². The number of aromatic hydroxyl groups is 1. The van der Waals surface area contributed by atoms with E-state index in [4.69, 9.17) is 20.6 Å². The van der Waals surface area contributed by atoms with E-state index in [9.17, 15) is 10.2 Å². The molecule has 1 saturated carbocycles. The van der Waals surface area contributed by atoms with Crippen LogP contribution in [0.4, 0.5) is 0 Å². The summed E-state index contributed by atoms with van der Waals surface area (Å²) in [4.78, 5) is 0.0794. The Balaban J connectivity index is 3.08. The second-order valence-corrected chi connectivity index (χ2v) is 4.10. The Bertz CT molecular complexity index is 895. The highest BCUT2D eigenvalue weighted by Crippen LogP contribution is 2.40. The molecule has 0 spiro atoms. The summed E-state index contributed by atoms with van der Waals surface area (Å²) in [6.07, 6.45) is -19.8. The van der Waals surface area contributed by atoms with Crippen LogP contribution in [0.15, 0.2) is 24.3 Å². The highest BCUT2D eigenvalue weighted by Gasteiger charge is 2.38. The van der Waals surface area contributed by atoms with Gasteiger partial charge in [-0.1, -0.05) is 31.3 Å². The SMILES string of the molecule is [2H]C([2H])([2H])N(C)C([2H])([2H])C(c1ccc(O)cc1)C1(O)C([2H])([2H])C([2H])([2H])C([2H])([2H])C([2H])([2H])C1([2H])[2H]. The first kappa shape index (κ1) is 4.47. The summed E-state index contributed by atoms with van der Waals surface area (Å²) in [5, 5.41) is 21.4. The molecule has 0 amide bonds. The zero-order valence-corrected chi connectivity index (χ0v) is 10.2. The molecule has 0 bridgehead atoms. The number of phenols is 1. The van der Waals surface area contributed by atoms with Crippen molar-refractivity contribution in [2.75, 3.05) is 20.5 Å². The van der Waals surface area contributed by atoms with E-state index in [1.807, 2.05) is 0 Å². The van der Waals surface area contributed by atoms with Crippen molar-refractivity contribution in [1.82, 2.24) is 4.90 Å². The molecule has 1 aromatic rings. The van der Waals surface area contributed by atoms with Crippen molar-refractivity contribution in [2.45, 2.75) is 43.4 Å². The molecule has 2 N–H and O–H groups in total. The van der Waals surface area contributed by atoms with E-state index in [1.54, 1.807) is 0 Å². The summed E-state index contributed by atoms with van der Waals surface area (Å²) < 4.78 is 122. The van der Waals surface area contributed by atoms with Gasteiger partial charge in [0.1, 0.15) is 5.75 Å². The van der Waals surface area contributed by atoms with Gasteiger partial charge in [-0.2, -0.15) is 0 Å². The average molecular weight is 278 g/mol. The van der Waals surface area contributed by atoms with Crippen LogP contribution in [-0.2, 0) is 0 Å². The summed E-state index contributed by atoms with van der Waals surface area (Å²) >= 11 is 0. The number of phenolic OH excluding ortho intramolecular Hbond substituents is 1. The third-order valence-electron chi connectivity index (χ3n) is 2.60. The van der Waals surface area contributed by atoms with Crippen molar-refractivity contribution in [3.05, 3.63) is 29.8 Å². The Morgan fingerprint density at radius 3 is 2.58 bits per heavy atom. The van der Waals surface area contributed by atoms with E-state index < -0.39 is 62.4 Å². The first-order valence-corrected chi connectivity index (χ1v) is 5.53. The zero-order chi connectivity index (χ0) is 27.1. The second-order valence-electron chi connectivity index (χ2n) is 4.10. The number of rotatable bonds is 4. The summed E-state index contributed by atoms with van der Waals surface area (Å²) in [5.74, 6) is -3.02. The van der Waals surface area contributed by atoms with Crippen LogP contribution < -0.4 is 0 Å². The molecular weight excluding hydrogens is 238 g/mol. The normalized spacial score (nSPS) is 46.8. The lowest BCUT2D eigenvalue weighted by Gasteiger charge is -2.40. The van der Waals surface area contributed by atoms with Gasteiger partial charge in [-0.05, 0) is 44.5 Å². The molecule has 1 aromatic carbocycles. The van der Waals surface area contributed by atoms with Crippen molar-refractivity contribution in [3.63, 3.8) is 0 Å². The van der Waals surface area contributed by atoms with Gasteiger partial charge in [0.2, 0.25) is 0 Å². The van der Waals surface area contributed by atoms with Gasteiger partial charge in [0, 0.05) is 33.0 Å². The average Bonchev–Trinajstić information content (AvgIpc) is 2.66. The topological polar surface area (TPSA) is 43.7 Å². The van der Waals surface area contributed by atoms with Crippen molar-refractivity contribution in [1.29, 1.82) is 0 Å². The number of hydrogen-bond donors (Lipinski definition) is 2. The summed E-state index contributed by atoms with van der Waals surface area (Å²) in [7, 11) is 0.736. The Morgan fingerprint density at radius 1 is 1.37 bits per heavy atom. The van der Waals surface area contributed by atoms with Gasteiger partial charge in [-0.3, -0.25) is 0 Å². The van der Waals surface area contributed by atoms with E-state index in [0.29, 0.717) is 0 Å². The number of nitrogens with zero attached hydrogens (tertiary/aromatic N) is 1. The minimum Gasteiger partial charge on any atom is -0.508 e. The predicted molar refractivity (Wildman–Crippen MR) is 77.4 cm³/mol. The smallest absolute Gasteiger partial charge is 0.115 e. The van der Waals surface area contributed by atoms with Crippen molar-refractivity contribution in [3.8, 4) is 5.75 Å². The third-order valence-corrected chi connectivity index (χ3v) is 2.60. The molecule has 3 heteroatoms. The molecule has 19 heavy (non-hydrogen) atoms. The predicted octanol–water partition coefficient (Wildman–Crippen LogP) is 2.73. The number of likely N-dealkylation sites (N-methyl/N-ethyl adjacent to an activating group) is 1. The molecular formula is C16H25NO2. The van der Waals surface area contributed by atoms with Crippen LogP contribution >= 0.6 is 0 Å². The Hall–Kier alpha value is -1.06. The minimum atomic E-state index is -4.03. The highest BCUT2D eigenvalue weighted by molar-refractivity contribution is 5.30. The largest absolute Gasteiger partial charge is 0.508 e. The van der Waals surface area contributed by atoms with Gasteiger partial charge < -0.3 is 15.1 Å². The second kappa shape index (κ2) is 5.93. The van der Waals surface area contributed by atoms with Crippen molar-refractivity contribution >= 4 is 0 Å². The first-order valence-electron chi connectivity index (χ1n) is 13.0. The van der Waals surface area contributed by atoms with Crippen molar-refractivity contribution < 1.29 is 30.8 Å². The minimum absolute atomic E-state index is 0.0794. The van der Waals surface area contributed by atoms with Gasteiger partial charge in [0.05, 0.1) is 5.60 Å². The number of benzene rings is 1. The standard InChI is InChI=1S/C16H25NO2/c1-17(2)12-15(13-6-8-14(18)9-7-13)16(19)10-4-3-5-11-16/h6-9,15,18-19H,3-5,10-12H2,1-2H3/i1D3,3D2,4D2,5D2,10D2,11D2,12D2. The van der Waals surface area contributed by atoms with Crippen LogP contribution in [0.5, 0.6) is 5.75 Å². The van der Waals surface area contributed by atoms with E-state index in [2.05, 4.69) is 0 Å². The monoisotopic (exact) mass is 278 g/mol. The quantitative estimate of drug-likeness (QED) is 0.890. The van der Waals surface area contributed by atoms with Gasteiger partial charge in [-0.25, -0.2) is 0 Å². The molecule has 0 radical (unpaired) electrons. The van der Waals surface area contributed by atoms with E-state index in [0.717, 1.165) is 31.3 Å². The summed E-state index contributed by atoms with van der Waals surface area (Å²) in [6.45, 7) is -6.62. The van der Waals surface area contributed by atoms with Gasteiger partial charge in [0.25, 0.3) is 0 Å². The van der Waals surface area contributed by atoms with Crippen LogP contribution in [0, 0.1) is 0 Å². The lowest BCUT2D eigenvalue weighted by molar-refractivity contribution is -0.0277. The molecule has 1 atom stereocenters. The Morgan fingerprint density at radius 2 is 2.00 bits per heavy atom. The van der Waals surface area contributed by atoms with Crippen LogP contribution in [0.25, 0.3) is 0 Å². The fraction of sp³-hybridized carbons (Fsp3) is 0.625. The van der Waals surface area contributed by atoms with Gasteiger partial charge in [0.15, 0.2) is 0 Å². The molecule has 0 heterocycles. The molecule has 1 aliphatic carbocycles. The molecule has 2 rings (SSSR count). The molecule has 1 unspecified atom stereocenters. The van der Waals surface area contributed by atoms with Crippen LogP contribution in [0.3, 0.4) is 0 Å². The lowest BCUT2D eigenvalue weighted by atomic mass is 9.72. The van der Waals surface area contributed by atoms with Crippen LogP contribution in [0.1, 0.15) is 63.9 Å². The maximum absolute atomic E-state index is 11.8. The van der Waals surface area contributed by atoms with E-state index >= 15 is 0 Å². The van der Waals surface area contributed by atoms with Crippen LogP contribution in [0.2, 0.25) is 0 Å². The fourth-order valence-corrected chi connectivity index (χ4v) is 1.73. The fourth-order valence-electron chi connectivity index (χ4n) is 1.73. The molecule has 1 fully saturated rings. The maximum atomic E-state index is 11.8. The molecule has 1 aliphatic rings. The summed E-state index contributed by atoms with van der Waals surface area (Å²) in [6, 6.07) is 3.74. The Labute approximate surface area is 136 Å². The van der Waals surface area contributed by atoms with Crippen molar-refractivity contribution in [2.24, 2.45) is 0 Å². The van der Waals surface area contributed by atoms with E-state index in [-0.39, 0.29) is 10.6 Å². The zero-order valence-electron chi connectivity index (χ0n) is 25.2. The van der Waals surface area contributed by atoms with E-state index in [1.165, 1.54) is 0 Å². The highest BCUT2D eigenvalue weighted by atomic mass is 16.3. The van der Waals surface area contributed by atoms with Gasteiger partial charge >= 0.3 is 0 Å². The molecule has 3 nitrogen and oxygen atoms in total. The molecule has 106 valence electrons. The maximum Gasteiger partial charge on any atom is 0.115 e. The number of hydrogen-bond acceptors (Lipinski definition) is 3. The molecule has 0 aliphatic heterocycles. The van der Waals surface area contributed by atoms with Crippen LogP contribution in [-0.4, -0.2) is 41.2 Å². The summed E-state index contributed by atoms with van der Waals surface area (Å²) in [5.41, 5.74) is -4.53. The number of aliphatic hydroxyl groups is 1. The first-order chi connectivity index (χ1) is 14.8. The third kappa shape index (κ3) is 3.48. The Kier molecular flexibility index (Phi) is 1.39. The molecule has 0 aromatic heterocycles. The lowest BCUT2D eigenvalue weighted by Crippen LogP contribution is -2.42.